The molecule has 0 atom stereocenters. The highest BCUT2D eigenvalue weighted by molar-refractivity contribution is 6.22. The summed E-state index contributed by atoms with van der Waals surface area (Å²) in [5.41, 5.74) is 0. The van der Waals surface area contributed by atoms with E-state index >= 15 is 0 Å². The molecule has 0 aliphatic rings. The molecule has 0 saturated heterocycles. The van der Waals surface area contributed by atoms with Crippen molar-refractivity contribution < 1.29 is 4.79 Å². The number of hydrogen-bond acceptors (Lipinski definition) is 1. The highest BCUT2D eigenvalue weighted by atomic mass is 35.5. The van der Waals surface area contributed by atoms with Crippen LogP contribution in [-0.4, -0.2) is 18.0 Å². The van der Waals surface area contributed by atoms with Crippen LogP contribution in [0.2, 0.25) is 0 Å². The van der Waals surface area contributed by atoms with E-state index in [-0.39, 0.29) is 5.92 Å². The molecule has 0 aromatic heterocycles. The van der Waals surface area contributed by atoms with Gasteiger partial charge in [-0.05, 0) is 0 Å². The number of alkyl halides is 2. The summed E-state index contributed by atoms with van der Waals surface area (Å²) in [6.45, 7) is 0. The lowest BCUT2D eigenvalue weighted by Crippen LogP contribution is -2.03. The minimum Gasteiger partial charge on any atom is -0.303 e. The van der Waals surface area contributed by atoms with Crippen molar-refractivity contribution in [1.29, 1.82) is 0 Å². The summed E-state index contributed by atoms with van der Waals surface area (Å²) in [7, 11) is 0. The summed E-state index contributed by atoms with van der Waals surface area (Å²) in [6, 6.07) is 0. The zero-order valence-corrected chi connectivity index (χ0v) is 5.24. The Bertz CT molecular complexity index is 51.7. The number of aldehydes is 1. The van der Waals surface area contributed by atoms with Crippen molar-refractivity contribution in [1.82, 2.24) is 0 Å². The highest BCUT2D eigenvalue weighted by Crippen LogP contribution is 1.96. The van der Waals surface area contributed by atoms with Gasteiger partial charge < -0.3 is 4.79 Å². The number of halogens is 2. The van der Waals surface area contributed by atoms with Crippen LogP contribution in [-0.2, 0) is 4.79 Å². The molecule has 0 rings (SSSR count). The van der Waals surface area contributed by atoms with Gasteiger partial charge in [0.1, 0.15) is 6.29 Å². The van der Waals surface area contributed by atoms with E-state index in [4.69, 9.17) is 23.2 Å². The quantitative estimate of drug-likeness (QED) is 0.427. The van der Waals surface area contributed by atoms with Gasteiger partial charge >= 0.3 is 0 Å². The van der Waals surface area contributed by atoms with Gasteiger partial charge in [0.05, 0.1) is 0 Å². The summed E-state index contributed by atoms with van der Waals surface area (Å²) in [5.74, 6) is 0.489. The first-order valence-corrected chi connectivity index (χ1v) is 2.99. The van der Waals surface area contributed by atoms with E-state index in [0.717, 1.165) is 6.29 Å². The lowest BCUT2D eigenvalue weighted by Gasteiger charge is -1.94. The summed E-state index contributed by atoms with van der Waals surface area (Å²) in [6.07, 6.45) is 0.764. The average Bonchev–Trinajstić information content (AvgIpc) is 1.72. The van der Waals surface area contributed by atoms with Gasteiger partial charge in [-0.3, -0.25) is 0 Å². The molecule has 0 aromatic rings. The third kappa shape index (κ3) is 2.89. The lowest BCUT2D eigenvalue weighted by atomic mass is 10.3. The Morgan fingerprint density at radius 1 is 1.43 bits per heavy atom. The minimum atomic E-state index is -0.164. The maximum Gasteiger partial charge on any atom is 0.125 e. The van der Waals surface area contributed by atoms with Crippen molar-refractivity contribution in [2.45, 2.75) is 0 Å². The predicted octanol–water partition coefficient (Wildman–Crippen LogP) is 1.28. The molecule has 0 aliphatic heterocycles. The summed E-state index contributed by atoms with van der Waals surface area (Å²) in [5, 5.41) is 0. The van der Waals surface area contributed by atoms with Crippen molar-refractivity contribution in [3.8, 4) is 0 Å². The fourth-order valence-corrected chi connectivity index (χ4v) is 0.589. The lowest BCUT2D eigenvalue weighted by molar-refractivity contribution is -0.110. The van der Waals surface area contributed by atoms with E-state index < -0.39 is 0 Å². The minimum absolute atomic E-state index is 0.164. The summed E-state index contributed by atoms with van der Waals surface area (Å²) >= 11 is 10.5. The fraction of sp³-hybridized carbons (Fsp3) is 0.750. The molecule has 0 amide bonds. The Hall–Kier alpha value is 0.250. The second-order valence-electron chi connectivity index (χ2n) is 1.20. The van der Waals surface area contributed by atoms with Crippen LogP contribution in [0.4, 0.5) is 0 Å². The van der Waals surface area contributed by atoms with E-state index in [1.165, 1.54) is 0 Å². The maximum absolute atomic E-state index is 9.80. The van der Waals surface area contributed by atoms with Crippen LogP contribution < -0.4 is 0 Å². The second-order valence-corrected chi connectivity index (χ2v) is 1.82. The SMILES string of the molecule is O=CC(CCl)CCl. The third-order valence-electron chi connectivity index (χ3n) is 0.589. The fourth-order valence-electron chi connectivity index (χ4n) is 0.114. The Balaban J connectivity index is 3.16. The average molecular weight is 141 g/mol. The molecule has 0 aromatic carbocycles. The summed E-state index contributed by atoms with van der Waals surface area (Å²) < 4.78 is 0. The van der Waals surface area contributed by atoms with Crippen molar-refractivity contribution >= 4 is 29.5 Å². The monoisotopic (exact) mass is 140 g/mol. The molecule has 0 bridgehead atoms. The van der Waals surface area contributed by atoms with Crippen LogP contribution in [0.1, 0.15) is 0 Å². The molecule has 3 heteroatoms. The largest absolute Gasteiger partial charge is 0.303 e. The van der Waals surface area contributed by atoms with Gasteiger partial charge in [-0.2, -0.15) is 0 Å². The standard InChI is InChI=1S/C4H6Cl2O/c5-1-4(2-6)3-7/h3-4H,1-2H2. The van der Waals surface area contributed by atoms with Crippen molar-refractivity contribution in [3.05, 3.63) is 0 Å². The molecule has 0 spiro atoms. The smallest absolute Gasteiger partial charge is 0.125 e. The van der Waals surface area contributed by atoms with Gasteiger partial charge in [0.15, 0.2) is 0 Å². The van der Waals surface area contributed by atoms with Gasteiger partial charge in [-0.1, -0.05) is 0 Å². The first-order valence-electron chi connectivity index (χ1n) is 1.92. The van der Waals surface area contributed by atoms with Crippen LogP contribution >= 0.6 is 23.2 Å². The molecule has 0 radical (unpaired) electrons. The van der Waals surface area contributed by atoms with Crippen LogP contribution in [0.15, 0.2) is 0 Å². The van der Waals surface area contributed by atoms with Crippen LogP contribution in [0.5, 0.6) is 0 Å². The normalized spacial score (nSPS) is 9.57. The zero-order valence-electron chi connectivity index (χ0n) is 3.73. The molecular formula is C4H6Cl2O. The number of carbonyl (C=O) groups excluding carboxylic acids is 1. The molecule has 0 unspecified atom stereocenters. The van der Waals surface area contributed by atoms with Gasteiger partial charge in [-0.15, -0.1) is 23.2 Å². The molecule has 7 heavy (non-hydrogen) atoms. The number of rotatable bonds is 3. The Morgan fingerprint density at radius 2 is 1.86 bits per heavy atom. The Morgan fingerprint density at radius 3 is 1.86 bits per heavy atom. The van der Waals surface area contributed by atoms with Crippen LogP contribution in [0.25, 0.3) is 0 Å². The third-order valence-corrected chi connectivity index (χ3v) is 1.38. The van der Waals surface area contributed by atoms with Crippen molar-refractivity contribution in [3.63, 3.8) is 0 Å². The van der Waals surface area contributed by atoms with Gasteiger partial charge in [-0.25, -0.2) is 0 Å². The van der Waals surface area contributed by atoms with Gasteiger partial charge in [0.2, 0.25) is 0 Å². The zero-order chi connectivity index (χ0) is 5.70. The number of hydrogen-bond donors (Lipinski definition) is 0. The van der Waals surface area contributed by atoms with Crippen LogP contribution in [0.3, 0.4) is 0 Å². The molecule has 1 nitrogen and oxygen atoms in total. The molecule has 0 aliphatic carbocycles. The van der Waals surface area contributed by atoms with E-state index in [2.05, 4.69) is 0 Å². The topological polar surface area (TPSA) is 17.1 Å². The first kappa shape index (κ1) is 7.25. The molecule has 42 valence electrons. The molecule has 0 N–H and O–H groups in total. The maximum atomic E-state index is 9.80. The van der Waals surface area contributed by atoms with E-state index in [1.807, 2.05) is 0 Å². The van der Waals surface area contributed by atoms with Crippen molar-refractivity contribution in [2.75, 3.05) is 11.8 Å². The second kappa shape index (κ2) is 4.41. The molecular weight excluding hydrogens is 135 g/mol. The highest BCUT2D eigenvalue weighted by Gasteiger charge is 2.00. The van der Waals surface area contributed by atoms with E-state index in [0.29, 0.717) is 11.8 Å². The van der Waals surface area contributed by atoms with Gasteiger partial charge in [0, 0.05) is 17.7 Å². The van der Waals surface area contributed by atoms with Crippen molar-refractivity contribution in [2.24, 2.45) is 5.92 Å². The first-order chi connectivity index (χ1) is 3.35. The van der Waals surface area contributed by atoms with E-state index in [9.17, 15) is 4.79 Å². The predicted molar refractivity (Wildman–Crippen MR) is 31.0 cm³/mol. The van der Waals surface area contributed by atoms with Crippen LogP contribution in [0, 0.1) is 5.92 Å². The van der Waals surface area contributed by atoms with Gasteiger partial charge in [0.25, 0.3) is 0 Å². The molecule has 0 saturated carbocycles. The number of carbonyl (C=O) groups is 1. The van der Waals surface area contributed by atoms with E-state index in [1.54, 1.807) is 0 Å². The Kier molecular flexibility index (Phi) is 4.57. The summed E-state index contributed by atoms with van der Waals surface area (Å²) in [4.78, 5) is 9.80. The molecule has 0 heterocycles. The Labute approximate surface area is 52.6 Å². The molecule has 0 fully saturated rings.